The second-order valence-electron chi connectivity index (χ2n) is 9.22. The lowest BCUT2D eigenvalue weighted by atomic mass is 9.99. The van der Waals surface area contributed by atoms with E-state index in [2.05, 4.69) is 0 Å². The number of ether oxygens (including phenoxy) is 2. The van der Waals surface area contributed by atoms with Gasteiger partial charge in [0.1, 0.15) is 28.8 Å². The number of hydrogen-bond acceptors (Lipinski definition) is 8. The number of nitrogens with one attached hydrogen (secondary N) is 2. The van der Waals surface area contributed by atoms with Crippen LogP contribution in [0, 0.1) is 24.7 Å². The van der Waals surface area contributed by atoms with Crippen molar-refractivity contribution in [3.05, 3.63) is 86.2 Å². The van der Waals surface area contributed by atoms with Crippen molar-refractivity contribution in [2.75, 3.05) is 12.0 Å². The molecule has 0 spiro atoms. The van der Waals surface area contributed by atoms with Gasteiger partial charge in [-0.25, -0.2) is 4.79 Å². The van der Waals surface area contributed by atoms with Gasteiger partial charge in [-0.3, -0.25) is 25.5 Å². The fraction of sp³-hybridized carbons (Fsp3) is 0.276. The van der Waals surface area contributed by atoms with Crippen LogP contribution in [0.5, 0.6) is 0 Å². The maximum absolute atomic E-state index is 13.1. The van der Waals surface area contributed by atoms with Crippen LogP contribution in [0.3, 0.4) is 0 Å². The third kappa shape index (κ3) is 5.79. The van der Waals surface area contributed by atoms with Gasteiger partial charge in [0.05, 0.1) is 24.8 Å². The van der Waals surface area contributed by atoms with E-state index in [-0.39, 0.29) is 18.1 Å². The minimum absolute atomic E-state index is 0.0287. The van der Waals surface area contributed by atoms with E-state index >= 15 is 0 Å². The molecule has 0 bridgehead atoms. The number of hydrogen-bond donors (Lipinski definition) is 2. The minimum Gasteiger partial charge on any atom is -0.465 e. The number of amidine groups is 2. The first kappa shape index (κ1) is 28.2. The van der Waals surface area contributed by atoms with Crippen molar-refractivity contribution in [2.45, 2.75) is 46.3 Å². The summed E-state index contributed by atoms with van der Waals surface area (Å²) in [6.07, 6.45) is -0.770. The molecule has 0 saturated carbocycles. The number of anilines is 1. The van der Waals surface area contributed by atoms with Crippen molar-refractivity contribution in [3.63, 3.8) is 0 Å². The minimum atomic E-state index is -0.878. The normalized spacial score (nSPS) is 15.6. The quantitative estimate of drug-likeness (QED) is 0.201. The second-order valence-corrected chi connectivity index (χ2v) is 10.9. The summed E-state index contributed by atoms with van der Waals surface area (Å²) >= 11 is 7.64. The monoisotopic (exact) mass is 564 g/mol. The highest BCUT2D eigenvalue weighted by molar-refractivity contribution is 7.17. The zero-order valence-corrected chi connectivity index (χ0v) is 23.9. The second kappa shape index (κ2) is 11.5. The van der Waals surface area contributed by atoms with Gasteiger partial charge in [0.25, 0.3) is 0 Å². The van der Waals surface area contributed by atoms with Crippen LogP contribution in [-0.2, 0) is 14.3 Å². The number of nitrogens with zero attached hydrogens (tertiary/aromatic N) is 2. The van der Waals surface area contributed by atoms with E-state index < -0.39 is 24.1 Å². The molecule has 0 saturated heterocycles. The summed E-state index contributed by atoms with van der Waals surface area (Å²) in [7, 11) is 1.31. The molecular formula is C29H29ClN4O4S. The molecule has 39 heavy (non-hydrogen) atoms. The van der Waals surface area contributed by atoms with Crippen molar-refractivity contribution in [3.8, 4) is 0 Å². The average molecular weight is 565 g/mol. The van der Waals surface area contributed by atoms with Gasteiger partial charge in [-0.2, -0.15) is 0 Å². The van der Waals surface area contributed by atoms with Crippen molar-refractivity contribution in [1.29, 1.82) is 10.8 Å². The van der Waals surface area contributed by atoms with Crippen molar-refractivity contribution >= 4 is 57.3 Å². The number of fused-ring (bicyclic) bond motifs is 1. The molecule has 0 radical (unpaired) electrons. The summed E-state index contributed by atoms with van der Waals surface area (Å²) in [6, 6.07) is 13.0. The number of methoxy groups -OCH3 is 1. The van der Waals surface area contributed by atoms with Crippen LogP contribution in [0.2, 0.25) is 5.02 Å². The topological polar surface area (TPSA) is 116 Å². The molecule has 3 aromatic rings. The highest BCUT2D eigenvalue weighted by atomic mass is 35.5. The molecule has 1 aromatic heterocycles. The zero-order valence-electron chi connectivity index (χ0n) is 22.3. The van der Waals surface area contributed by atoms with E-state index in [1.165, 1.54) is 18.4 Å². The Labute approximate surface area is 236 Å². The van der Waals surface area contributed by atoms with Gasteiger partial charge in [-0.1, -0.05) is 35.9 Å². The Morgan fingerprint density at radius 1 is 1.13 bits per heavy atom. The Morgan fingerprint density at radius 2 is 1.77 bits per heavy atom. The first-order valence-corrected chi connectivity index (χ1v) is 13.5. The van der Waals surface area contributed by atoms with Gasteiger partial charge >= 0.3 is 11.9 Å². The van der Waals surface area contributed by atoms with Crippen LogP contribution in [0.1, 0.15) is 63.9 Å². The largest absolute Gasteiger partial charge is 0.465 e. The van der Waals surface area contributed by atoms with Crippen LogP contribution in [-0.4, -0.2) is 42.5 Å². The van der Waals surface area contributed by atoms with Gasteiger partial charge in [0.2, 0.25) is 0 Å². The molecule has 1 aliphatic rings. The highest BCUT2D eigenvalue weighted by Crippen LogP contribution is 2.40. The highest BCUT2D eigenvalue weighted by Gasteiger charge is 2.35. The third-order valence-corrected chi connectivity index (χ3v) is 8.01. The Hall–Kier alpha value is -3.82. The smallest absolute Gasteiger partial charge is 0.337 e. The van der Waals surface area contributed by atoms with Gasteiger partial charge < -0.3 is 9.47 Å². The van der Waals surface area contributed by atoms with Gasteiger partial charge in [0.15, 0.2) is 0 Å². The van der Waals surface area contributed by atoms with E-state index in [4.69, 9.17) is 36.9 Å². The maximum Gasteiger partial charge on any atom is 0.337 e. The molecule has 0 amide bonds. The Morgan fingerprint density at radius 3 is 2.36 bits per heavy atom. The molecule has 0 fully saturated rings. The number of aryl methyl sites for hydroxylation is 1. The number of carbonyl (C=O) groups excluding carboxylic acids is 2. The zero-order chi connectivity index (χ0) is 28.4. The first-order valence-electron chi connectivity index (χ1n) is 12.3. The summed E-state index contributed by atoms with van der Waals surface area (Å²) in [5.74, 6) is -0.792. The first-order chi connectivity index (χ1) is 18.5. The molecule has 2 heterocycles. The molecule has 2 N–H and O–H groups in total. The fourth-order valence-electron chi connectivity index (χ4n) is 4.37. The number of carbonyl (C=O) groups is 2. The standard InChI is InChI=1S/C29H29ClN4O4S/c1-15-17(3)39-28-25(15)26(20-10-12-22(30)13-11-20)33-23(27(32)34(28)18(4)31)14-24(35)38-16(2)19-6-8-21(9-7-19)29(36)37-5/h6-13,16,23,31-32H,14H2,1-5H3/t16-,23?/m1/s1. The molecule has 2 atom stereocenters. The molecule has 4 rings (SSSR count). The summed E-state index contributed by atoms with van der Waals surface area (Å²) in [5.41, 5.74) is 4.40. The molecule has 2 aromatic carbocycles. The predicted molar refractivity (Wildman–Crippen MR) is 155 cm³/mol. The van der Waals surface area contributed by atoms with Gasteiger partial charge in [-0.05, 0) is 63.1 Å². The van der Waals surface area contributed by atoms with Crippen molar-refractivity contribution < 1.29 is 19.1 Å². The third-order valence-electron chi connectivity index (χ3n) is 6.57. The maximum atomic E-state index is 13.1. The van der Waals surface area contributed by atoms with Crippen LogP contribution in [0.15, 0.2) is 53.5 Å². The van der Waals surface area contributed by atoms with Crippen LogP contribution in [0.25, 0.3) is 0 Å². The molecule has 202 valence electrons. The molecule has 1 aliphatic heterocycles. The Balaban J connectivity index is 1.67. The average Bonchev–Trinajstić information content (AvgIpc) is 3.12. The lowest BCUT2D eigenvalue weighted by molar-refractivity contribution is -0.148. The molecule has 0 aliphatic carbocycles. The summed E-state index contributed by atoms with van der Waals surface area (Å²) in [6.45, 7) is 7.36. The van der Waals surface area contributed by atoms with E-state index in [0.29, 0.717) is 21.9 Å². The predicted octanol–water partition coefficient (Wildman–Crippen LogP) is 6.50. The summed E-state index contributed by atoms with van der Waals surface area (Å²) in [4.78, 5) is 32.4. The van der Waals surface area contributed by atoms with Crippen LogP contribution < -0.4 is 4.90 Å². The SMILES string of the molecule is COC(=O)c1ccc([C@@H](C)OC(=O)CC2N=C(c3ccc(Cl)cc3)c3c(sc(C)c3C)N(C(C)=N)C2=N)cc1. The van der Waals surface area contributed by atoms with E-state index in [0.717, 1.165) is 26.6 Å². The molecule has 8 nitrogen and oxygen atoms in total. The Kier molecular flexibility index (Phi) is 8.32. The molecular weight excluding hydrogens is 536 g/mol. The summed E-state index contributed by atoms with van der Waals surface area (Å²) < 4.78 is 10.4. The number of thiophene rings is 1. The number of aliphatic imine (C=N–C) groups is 1. The van der Waals surface area contributed by atoms with Crippen molar-refractivity contribution in [1.82, 2.24) is 0 Å². The summed E-state index contributed by atoms with van der Waals surface area (Å²) in [5, 5.41) is 18.8. The van der Waals surface area contributed by atoms with E-state index in [1.54, 1.807) is 55.1 Å². The lowest BCUT2D eigenvalue weighted by Crippen LogP contribution is -2.41. The van der Waals surface area contributed by atoms with Gasteiger partial charge in [-0.15, -0.1) is 11.3 Å². The number of esters is 2. The van der Waals surface area contributed by atoms with Crippen LogP contribution in [0.4, 0.5) is 5.00 Å². The van der Waals surface area contributed by atoms with Crippen LogP contribution >= 0.6 is 22.9 Å². The fourth-order valence-corrected chi connectivity index (χ4v) is 5.72. The number of rotatable bonds is 6. The lowest BCUT2D eigenvalue weighted by Gasteiger charge is -2.25. The van der Waals surface area contributed by atoms with E-state index in [1.807, 2.05) is 26.0 Å². The Bertz CT molecular complexity index is 1480. The van der Waals surface area contributed by atoms with Gasteiger partial charge in [0, 0.05) is 21.0 Å². The molecule has 10 heteroatoms. The number of halogens is 1. The number of benzene rings is 2. The van der Waals surface area contributed by atoms with E-state index in [9.17, 15) is 9.59 Å². The van der Waals surface area contributed by atoms with Crippen molar-refractivity contribution in [2.24, 2.45) is 4.99 Å². The molecule has 1 unspecified atom stereocenters.